The Morgan fingerprint density at radius 3 is 2.48 bits per heavy atom. The lowest BCUT2D eigenvalue weighted by molar-refractivity contribution is -0.128. The molecule has 7 nitrogen and oxygen atoms in total. The maximum absolute atomic E-state index is 13.1. The molecule has 2 heterocycles. The number of nitrogens with zero attached hydrogens (tertiary/aromatic N) is 3. The number of hydrogen-bond acceptors (Lipinski definition) is 5. The zero-order valence-corrected chi connectivity index (χ0v) is 12.4. The Balaban J connectivity index is 1.84. The minimum Gasteiger partial charge on any atom is -0.378 e. The van der Waals surface area contributed by atoms with Gasteiger partial charge in [0.25, 0.3) is 5.91 Å². The van der Waals surface area contributed by atoms with E-state index in [1.165, 1.54) is 29.3 Å². The first-order chi connectivity index (χ1) is 11.1. The van der Waals surface area contributed by atoms with Gasteiger partial charge in [-0.05, 0) is 24.3 Å². The van der Waals surface area contributed by atoms with E-state index in [4.69, 9.17) is 10.5 Å². The van der Waals surface area contributed by atoms with Crippen molar-refractivity contribution in [1.82, 2.24) is 4.90 Å². The summed E-state index contributed by atoms with van der Waals surface area (Å²) in [6, 6.07) is 4.78. The maximum atomic E-state index is 13.1. The van der Waals surface area contributed by atoms with E-state index in [-0.39, 0.29) is 18.0 Å². The number of hydrazone groups is 1. The van der Waals surface area contributed by atoms with Crippen molar-refractivity contribution in [2.24, 2.45) is 10.8 Å². The molecule has 0 aromatic heterocycles. The maximum Gasteiger partial charge on any atom is 0.270 e. The lowest BCUT2D eigenvalue weighted by Gasteiger charge is -2.26. The van der Waals surface area contributed by atoms with E-state index in [0.29, 0.717) is 32.0 Å². The second kappa shape index (κ2) is 6.33. The highest BCUT2D eigenvalue weighted by Gasteiger charge is 2.36. The van der Waals surface area contributed by atoms with Crippen LogP contribution >= 0.6 is 0 Å². The standard InChI is InChI=1S/C15H17FN4O3/c16-10-1-3-11(4-2-10)20-13(14(17)21)9-12(18-20)15(22)19-5-7-23-8-6-19/h1-4,13H,5-9H2,(H2,17,21). The van der Waals surface area contributed by atoms with Crippen LogP contribution in [-0.4, -0.2) is 54.8 Å². The van der Waals surface area contributed by atoms with Crippen LogP contribution in [0, 0.1) is 5.82 Å². The minimum absolute atomic E-state index is 0.142. The molecule has 2 aliphatic heterocycles. The van der Waals surface area contributed by atoms with Crippen LogP contribution in [-0.2, 0) is 14.3 Å². The number of halogens is 1. The second-order valence-electron chi connectivity index (χ2n) is 5.39. The van der Waals surface area contributed by atoms with Crippen molar-refractivity contribution < 1.29 is 18.7 Å². The minimum atomic E-state index is -0.750. The third-order valence-electron chi connectivity index (χ3n) is 3.88. The van der Waals surface area contributed by atoms with Gasteiger partial charge in [-0.3, -0.25) is 14.6 Å². The molecule has 0 bridgehead atoms. The van der Waals surface area contributed by atoms with Crippen molar-refractivity contribution in [3.05, 3.63) is 30.1 Å². The number of morpholine rings is 1. The van der Waals surface area contributed by atoms with Gasteiger partial charge in [-0.15, -0.1) is 0 Å². The van der Waals surface area contributed by atoms with Gasteiger partial charge >= 0.3 is 0 Å². The van der Waals surface area contributed by atoms with Crippen molar-refractivity contribution in [3.8, 4) is 0 Å². The highest BCUT2D eigenvalue weighted by molar-refractivity contribution is 6.40. The fraction of sp³-hybridized carbons (Fsp3) is 0.400. The number of nitrogens with two attached hydrogens (primary N) is 1. The monoisotopic (exact) mass is 320 g/mol. The Kier molecular flexibility index (Phi) is 4.24. The first-order valence-electron chi connectivity index (χ1n) is 7.35. The van der Waals surface area contributed by atoms with E-state index >= 15 is 0 Å². The van der Waals surface area contributed by atoms with Crippen LogP contribution in [0.1, 0.15) is 6.42 Å². The Morgan fingerprint density at radius 2 is 1.87 bits per heavy atom. The lowest BCUT2D eigenvalue weighted by atomic mass is 10.1. The molecule has 122 valence electrons. The molecular weight excluding hydrogens is 303 g/mol. The zero-order chi connectivity index (χ0) is 16.4. The molecular formula is C15H17FN4O3. The highest BCUT2D eigenvalue weighted by Crippen LogP contribution is 2.25. The number of hydrogen-bond donors (Lipinski definition) is 1. The topological polar surface area (TPSA) is 88.2 Å². The highest BCUT2D eigenvalue weighted by atomic mass is 19.1. The summed E-state index contributed by atoms with van der Waals surface area (Å²) in [4.78, 5) is 25.8. The number of benzene rings is 1. The van der Waals surface area contributed by atoms with E-state index in [0.717, 1.165) is 0 Å². The summed E-state index contributed by atoms with van der Waals surface area (Å²) < 4.78 is 18.3. The Morgan fingerprint density at radius 1 is 1.22 bits per heavy atom. The Bertz CT molecular complexity index is 641. The second-order valence-corrected chi connectivity index (χ2v) is 5.39. The number of amides is 2. The number of ether oxygens (including phenoxy) is 1. The molecule has 8 heteroatoms. The van der Waals surface area contributed by atoms with Crippen LogP contribution < -0.4 is 10.7 Å². The van der Waals surface area contributed by atoms with Crippen molar-refractivity contribution in [2.45, 2.75) is 12.5 Å². The van der Waals surface area contributed by atoms with E-state index < -0.39 is 17.8 Å². The molecule has 1 saturated heterocycles. The summed E-state index contributed by atoms with van der Waals surface area (Å²) in [7, 11) is 0. The predicted molar refractivity (Wildman–Crippen MR) is 81.3 cm³/mol. The first-order valence-corrected chi connectivity index (χ1v) is 7.35. The van der Waals surface area contributed by atoms with Gasteiger partial charge in [0.05, 0.1) is 18.9 Å². The molecule has 0 spiro atoms. The van der Waals surface area contributed by atoms with Crippen molar-refractivity contribution in [2.75, 3.05) is 31.3 Å². The number of carbonyl (C=O) groups is 2. The average molecular weight is 320 g/mol. The van der Waals surface area contributed by atoms with Gasteiger partial charge in [0.2, 0.25) is 5.91 Å². The van der Waals surface area contributed by atoms with Crippen molar-refractivity contribution >= 4 is 23.2 Å². The molecule has 1 unspecified atom stereocenters. The van der Waals surface area contributed by atoms with E-state index in [1.807, 2.05) is 0 Å². The molecule has 2 aliphatic rings. The van der Waals surface area contributed by atoms with Gasteiger partial charge < -0.3 is 15.4 Å². The third-order valence-corrected chi connectivity index (χ3v) is 3.88. The summed E-state index contributed by atoms with van der Waals surface area (Å²) in [5.74, 6) is -1.19. The molecule has 2 amide bonds. The predicted octanol–water partition coefficient (Wildman–Crippen LogP) is 0.105. The van der Waals surface area contributed by atoms with E-state index in [1.54, 1.807) is 4.90 Å². The van der Waals surface area contributed by atoms with E-state index in [2.05, 4.69) is 5.10 Å². The zero-order valence-electron chi connectivity index (χ0n) is 12.4. The lowest BCUT2D eigenvalue weighted by Crippen LogP contribution is -2.44. The van der Waals surface area contributed by atoms with Crippen molar-refractivity contribution in [1.29, 1.82) is 0 Å². The molecule has 1 aromatic rings. The molecule has 1 fully saturated rings. The van der Waals surface area contributed by atoms with Gasteiger partial charge in [0.15, 0.2) is 0 Å². The summed E-state index contributed by atoms with van der Waals surface area (Å²) in [5, 5.41) is 5.64. The first kappa shape index (κ1) is 15.4. The molecule has 23 heavy (non-hydrogen) atoms. The van der Waals surface area contributed by atoms with Gasteiger partial charge in [-0.2, -0.15) is 5.10 Å². The number of primary amides is 1. The summed E-state index contributed by atoms with van der Waals surface area (Å²) in [6.07, 6.45) is 0.142. The van der Waals surface area contributed by atoms with Crippen LogP contribution in [0.15, 0.2) is 29.4 Å². The molecule has 0 aliphatic carbocycles. The van der Waals surface area contributed by atoms with E-state index in [9.17, 15) is 14.0 Å². The van der Waals surface area contributed by atoms with Crippen LogP contribution in [0.2, 0.25) is 0 Å². The molecule has 3 rings (SSSR count). The van der Waals surface area contributed by atoms with Gasteiger partial charge in [0.1, 0.15) is 17.6 Å². The molecule has 1 aromatic carbocycles. The number of rotatable bonds is 3. The molecule has 2 N–H and O–H groups in total. The summed E-state index contributed by atoms with van der Waals surface area (Å²) >= 11 is 0. The normalized spacial score (nSPS) is 21.3. The largest absolute Gasteiger partial charge is 0.378 e. The van der Waals surface area contributed by atoms with Crippen molar-refractivity contribution in [3.63, 3.8) is 0 Å². The van der Waals surface area contributed by atoms with Crippen LogP contribution in [0.4, 0.5) is 10.1 Å². The number of anilines is 1. The quantitative estimate of drug-likeness (QED) is 0.856. The Hall–Kier alpha value is -2.48. The fourth-order valence-corrected chi connectivity index (χ4v) is 2.64. The van der Waals surface area contributed by atoms with Gasteiger partial charge in [-0.25, -0.2) is 4.39 Å². The van der Waals surface area contributed by atoms with Gasteiger partial charge in [0, 0.05) is 19.5 Å². The van der Waals surface area contributed by atoms with Gasteiger partial charge in [-0.1, -0.05) is 0 Å². The molecule has 0 radical (unpaired) electrons. The number of carbonyl (C=O) groups excluding carboxylic acids is 2. The summed E-state index contributed by atoms with van der Waals surface area (Å²) in [6.45, 7) is 1.96. The summed E-state index contributed by atoms with van der Waals surface area (Å²) in [5.41, 5.74) is 6.21. The smallest absolute Gasteiger partial charge is 0.270 e. The molecule has 0 saturated carbocycles. The Labute approximate surface area is 132 Å². The SMILES string of the molecule is NC(=O)C1CC(C(=O)N2CCOCC2)=NN1c1ccc(F)cc1. The third kappa shape index (κ3) is 3.16. The molecule has 1 atom stereocenters. The average Bonchev–Trinajstić information content (AvgIpc) is 3.01. The fourth-order valence-electron chi connectivity index (χ4n) is 2.64. The van der Waals surface area contributed by atoms with Crippen LogP contribution in [0.25, 0.3) is 0 Å². The van der Waals surface area contributed by atoms with Crippen LogP contribution in [0.5, 0.6) is 0 Å². The van der Waals surface area contributed by atoms with Crippen LogP contribution in [0.3, 0.4) is 0 Å².